The predicted molar refractivity (Wildman–Crippen MR) is 402 cm³/mol. The number of H-pyrrole nitrogens is 2. The molecule has 11 N–H and O–H groups in total. The highest BCUT2D eigenvalue weighted by Gasteiger charge is 2.44. The van der Waals surface area contributed by atoms with Gasteiger partial charge in [0.15, 0.2) is 0 Å². The summed E-state index contributed by atoms with van der Waals surface area (Å²) in [5, 5.41) is 18.3. The van der Waals surface area contributed by atoms with E-state index in [4.69, 9.17) is 71.1 Å². The molecule has 0 radical (unpaired) electrons. The van der Waals surface area contributed by atoms with Gasteiger partial charge in [-0.25, -0.2) is 44.9 Å². The fraction of sp³-hybridized carbons (Fsp3) is 0.507. The molecule has 5 fully saturated rings. The monoisotopic (exact) mass is 1420 g/mol. The molecule has 1 atom stereocenters. The second-order valence-corrected chi connectivity index (χ2v) is 30.3. The van der Waals surface area contributed by atoms with Crippen LogP contribution in [0.1, 0.15) is 176 Å². The lowest BCUT2D eigenvalue weighted by Gasteiger charge is -2.42. The number of aryl methyl sites for hydroxylation is 3. The topological polar surface area (TPSA) is 365 Å². The number of nitrogens with one attached hydrogen (secondary N) is 3. The molecule has 17 rings (SSSR count). The summed E-state index contributed by atoms with van der Waals surface area (Å²) in [6.07, 6.45) is 26.9. The van der Waals surface area contributed by atoms with Gasteiger partial charge < -0.3 is 47.9 Å². The highest BCUT2D eigenvalue weighted by Crippen LogP contribution is 2.46. The minimum atomic E-state index is -0.0765. The summed E-state index contributed by atoms with van der Waals surface area (Å²) in [7, 11) is 1.79. The Balaban J connectivity index is 0.000000115. The molecule has 0 aromatic carbocycles. The molecule has 1 aliphatic carbocycles. The van der Waals surface area contributed by atoms with Gasteiger partial charge in [-0.2, -0.15) is 10.2 Å². The lowest BCUT2D eigenvalue weighted by Crippen LogP contribution is -2.48. The number of pyridine rings is 2. The molecule has 29 heteroatoms. The van der Waals surface area contributed by atoms with E-state index in [-0.39, 0.29) is 16.4 Å². The predicted octanol–water partition coefficient (Wildman–Crippen LogP) is 8.37. The first-order valence-electron chi connectivity index (χ1n) is 35.8. The van der Waals surface area contributed by atoms with E-state index in [1.165, 1.54) is 32.1 Å². The van der Waals surface area contributed by atoms with Crippen molar-refractivity contribution in [3.05, 3.63) is 157 Å². The second-order valence-electron chi connectivity index (χ2n) is 29.6. The largest absolute Gasteiger partial charge is 0.372 e. The van der Waals surface area contributed by atoms with Crippen molar-refractivity contribution in [3.63, 3.8) is 0 Å². The van der Waals surface area contributed by atoms with Crippen LogP contribution in [0.2, 0.25) is 10.0 Å². The van der Waals surface area contributed by atoms with E-state index >= 15 is 0 Å². The number of fused-ring (bicyclic) bond motifs is 4. The Morgan fingerprint density at radius 1 is 0.480 bits per heavy atom. The Labute approximate surface area is 605 Å². The summed E-state index contributed by atoms with van der Waals surface area (Å²) < 4.78 is 0. The number of nitrogens with two attached hydrogens (primary N) is 4. The molecule has 0 amide bonds. The number of aromatic nitrogens is 14. The van der Waals surface area contributed by atoms with Crippen molar-refractivity contribution in [2.75, 3.05) is 97.4 Å². The third-order valence-electron chi connectivity index (χ3n) is 22.5. The number of aromatic amines is 2. The van der Waals surface area contributed by atoms with Gasteiger partial charge in [-0.3, -0.25) is 35.2 Å². The molecule has 0 unspecified atom stereocenters. The van der Waals surface area contributed by atoms with E-state index in [1.807, 2.05) is 63.9 Å². The summed E-state index contributed by atoms with van der Waals surface area (Å²) >= 11 is 12.9. The standard InChI is InChI=1S/C19H24ClN7.C19H25N7.C18H21ClN6.C17H23N7/c1-19(11-21)4-7-27(8-5-19)14-10-25-17-13(26-14)9-24-16(17)12-3-6-23-18(22-2)15(12)20;1-12-13(9-23-25-12)17-18-14(10-21-17)24-16(11-22-18)26-7-5-19(6-8-26)4-2-3-15(19)20;1-11-15(19)12(3-6-21-11)16-17-13(9-22-16)24-14(10-23-17)25-7-4-18(2,20)5-8-25;1-11-12(7-21-23-11)15-16-13(8-19-15)22-14(9-20-16)24-5-3-17(2,10-18)4-6-24/h3,6,10H,4-5,7-9,11,21H2,1-2H3,(H,22,23);9,11,15H,2-8,10,20H2,1H3,(H,23,25);3,6,10H,4-5,7-9,20H2,1-2H3;7,9H,3-6,8,10,18H2,1-2H3,(H,21,23)/t;15-;;/m.1../s1. The average molecular weight is 1420 g/mol. The first kappa shape index (κ1) is 70.2. The van der Waals surface area contributed by atoms with Crippen molar-refractivity contribution in [3.8, 4) is 0 Å². The summed E-state index contributed by atoms with van der Waals surface area (Å²) in [6.45, 7) is 24.0. The molecular weight excluding hydrogens is 1330 g/mol. The lowest BCUT2D eigenvalue weighted by molar-refractivity contribution is 0.197. The van der Waals surface area contributed by atoms with Gasteiger partial charge in [-0.1, -0.05) is 43.5 Å². The van der Waals surface area contributed by atoms with Crippen LogP contribution in [0.4, 0.5) is 29.1 Å². The van der Waals surface area contributed by atoms with Crippen LogP contribution >= 0.6 is 23.2 Å². The Bertz CT molecular complexity index is 4520. The number of hydrogen-bond acceptors (Lipinski definition) is 25. The van der Waals surface area contributed by atoms with Crippen molar-refractivity contribution >= 4 is 75.1 Å². The zero-order chi connectivity index (χ0) is 71.1. The fourth-order valence-electron chi connectivity index (χ4n) is 15.2. The molecular formula is C73H93Cl2N27. The molecule has 16 heterocycles. The molecule has 1 saturated carbocycles. The second kappa shape index (κ2) is 29.1. The fourth-order valence-corrected chi connectivity index (χ4v) is 15.7. The smallest absolute Gasteiger partial charge is 0.147 e. The highest BCUT2D eigenvalue weighted by atomic mass is 35.5. The van der Waals surface area contributed by atoms with Gasteiger partial charge >= 0.3 is 0 Å². The maximum absolute atomic E-state index is 6.48. The quantitative estimate of drug-likeness (QED) is 0.0639. The summed E-state index contributed by atoms with van der Waals surface area (Å²) in [6, 6.07) is 4.13. The SMILES string of the molecule is CNc1nccc(C2=NCc3nc(N4CCC(C)(CN)CC4)cnc32)c1Cl.Cc1[nH]ncc1C1=NCc2nc(N3CCC(C)(CN)CC3)cnc21.Cc1[nH]ncc1C1=NCc2nc(N3CCC4(CCC[C@H]4N)CC3)cnc21.Cc1nccc(C2=NCc3nc(N4CCC(C)(N)CC4)cnc32)c1Cl. The normalized spacial score (nSPS) is 20.1. The molecule has 8 aliphatic heterocycles. The van der Waals surface area contributed by atoms with Crippen molar-refractivity contribution in [1.29, 1.82) is 0 Å². The van der Waals surface area contributed by atoms with E-state index in [0.717, 1.165) is 235 Å². The minimum Gasteiger partial charge on any atom is -0.372 e. The summed E-state index contributed by atoms with van der Waals surface area (Å²) in [5.41, 5.74) is 42.2. The molecule has 102 heavy (non-hydrogen) atoms. The maximum Gasteiger partial charge on any atom is 0.147 e. The highest BCUT2D eigenvalue weighted by molar-refractivity contribution is 6.38. The van der Waals surface area contributed by atoms with Crippen molar-refractivity contribution in [1.82, 2.24) is 70.2 Å². The average Bonchev–Trinajstić information content (AvgIpc) is 1.53. The van der Waals surface area contributed by atoms with E-state index in [2.05, 4.69) is 111 Å². The summed E-state index contributed by atoms with van der Waals surface area (Å²) in [5.74, 6) is 4.38. The number of hydrogen-bond donors (Lipinski definition) is 7. The number of anilines is 5. The number of nitrogens with zero attached hydrogens (tertiary/aromatic N) is 20. The molecule has 0 bridgehead atoms. The van der Waals surface area contributed by atoms with Gasteiger partial charge in [-0.15, -0.1) is 0 Å². The number of halogens is 2. The van der Waals surface area contributed by atoms with Crippen molar-refractivity contribution in [2.24, 2.45) is 59.1 Å². The third kappa shape index (κ3) is 14.2. The molecule has 8 aromatic rings. The Hall–Kier alpha value is -8.86. The molecule has 8 aromatic heterocycles. The number of rotatable bonds is 11. The van der Waals surface area contributed by atoms with Crippen LogP contribution in [0.25, 0.3) is 0 Å². The molecule has 9 aliphatic rings. The number of aliphatic imine (C=N–C) groups is 4. The van der Waals surface area contributed by atoms with E-state index in [1.54, 1.807) is 25.6 Å². The van der Waals surface area contributed by atoms with Crippen molar-refractivity contribution in [2.45, 2.75) is 150 Å². The molecule has 4 saturated heterocycles. The van der Waals surface area contributed by atoms with Gasteiger partial charge in [0.2, 0.25) is 0 Å². The van der Waals surface area contributed by atoms with Crippen LogP contribution < -0.4 is 47.9 Å². The zero-order valence-electron chi connectivity index (χ0n) is 59.5. The minimum absolute atomic E-state index is 0.0765. The lowest BCUT2D eigenvalue weighted by atomic mass is 9.74. The van der Waals surface area contributed by atoms with E-state index in [0.29, 0.717) is 53.5 Å². The zero-order valence-corrected chi connectivity index (χ0v) is 61.0. The van der Waals surface area contributed by atoms with Gasteiger partial charge in [0.1, 0.15) is 51.9 Å². The number of piperidine rings is 4. The van der Waals surface area contributed by atoms with E-state index in [9.17, 15) is 0 Å². The molecule has 27 nitrogen and oxygen atoms in total. The first-order chi connectivity index (χ1) is 49.2. The van der Waals surface area contributed by atoms with Gasteiger partial charge in [0.05, 0.1) is 125 Å². The van der Waals surface area contributed by atoms with Crippen LogP contribution in [0, 0.1) is 37.0 Å². The van der Waals surface area contributed by atoms with Gasteiger partial charge in [-0.05, 0) is 133 Å². The van der Waals surface area contributed by atoms with Crippen molar-refractivity contribution < 1.29 is 0 Å². The van der Waals surface area contributed by atoms with Crippen LogP contribution in [0.3, 0.4) is 0 Å². The maximum atomic E-state index is 6.48. The third-order valence-corrected chi connectivity index (χ3v) is 23.4. The van der Waals surface area contributed by atoms with Crippen LogP contribution in [0.15, 0.2) is 81.7 Å². The Morgan fingerprint density at radius 3 is 1.20 bits per heavy atom. The van der Waals surface area contributed by atoms with Gasteiger partial charge in [0.25, 0.3) is 0 Å². The molecule has 534 valence electrons. The Kier molecular flexibility index (Phi) is 20.0. The van der Waals surface area contributed by atoms with E-state index < -0.39 is 0 Å². The van der Waals surface area contributed by atoms with Crippen LogP contribution in [0.5, 0.6) is 0 Å². The van der Waals surface area contributed by atoms with Crippen LogP contribution in [-0.4, -0.2) is 177 Å². The van der Waals surface area contributed by atoms with Gasteiger partial charge in [0, 0.05) is 117 Å². The first-order valence-corrected chi connectivity index (χ1v) is 36.5. The van der Waals surface area contributed by atoms with Crippen LogP contribution in [-0.2, 0) is 26.2 Å². The molecule has 1 spiro atoms. The summed E-state index contributed by atoms with van der Waals surface area (Å²) in [4.78, 5) is 74.3. The Morgan fingerprint density at radius 2 is 0.843 bits per heavy atom.